The van der Waals surface area contributed by atoms with Gasteiger partial charge in [0.05, 0.1) is 17.9 Å². The first-order valence-electron chi connectivity index (χ1n) is 11.0. The number of benzene rings is 1. The van der Waals surface area contributed by atoms with E-state index in [9.17, 15) is 14.3 Å². The van der Waals surface area contributed by atoms with E-state index < -0.39 is 17.0 Å². The molecule has 10 heteroatoms. The molecule has 1 unspecified atom stereocenters. The van der Waals surface area contributed by atoms with E-state index in [2.05, 4.69) is 20.6 Å². The fourth-order valence-corrected chi connectivity index (χ4v) is 3.53. The van der Waals surface area contributed by atoms with E-state index in [-0.39, 0.29) is 18.1 Å². The minimum Gasteiger partial charge on any atom is -0.382 e. The maximum absolute atomic E-state index is 13.4. The van der Waals surface area contributed by atoms with E-state index in [1.54, 1.807) is 44.3 Å². The monoisotopic (exact) mass is 478 g/mol. The summed E-state index contributed by atoms with van der Waals surface area (Å²) in [5.74, 6) is -0.787. The van der Waals surface area contributed by atoms with Crippen molar-refractivity contribution in [1.82, 2.24) is 25.2 Å². The van der Waals surface area contributed by atoms with Gasteiger partial charge in [-0.25, -0.2) is 9.37 Å². The van der Waals surface area contributed by atoms with Gasteiger partial charge in [0, 0.05) is 24.2 Å². The van der Waals surface area contributed by atoms with Crippen LogP contribution in [-0.2, 0) is 18.2 Å². The molecule has 0 aliphatic heterocycles. The summed E-state index contributed by atoms with van der Waals surface area (Å²) in [5, 5.41) is 22.2. The number of nitrogens with two attached hydrogens (primary N) is 1. The summed E-state index contributed by atoms with van der Waals surface area (Å²) in [6.45, 7) is 5.11. The molecule has 9 nitrogen and oxygen atoms in total. The number of pyridine rings is 1. The van der Waals surface area contributed by atoms with Crippen molar-refractivity contribution in [3.05, 3.63) is 77.6 Å². The molecule has 182 valence electrons. The van der Waals surface area contributed by atoms with Crippen LogP contribution in [0.3, 0.4) is 0 Å². The Morgan fingerprint density at radius 1 is 1.11 bits per heavy atom. The molecule has 0 aliphatic rings. The Morgan fingerprint density at radius 3 is 2.46 bits per heavy atom. The molecule has 4 aromatic rings. The molecule has 0 radical (unpaired) electrons. The van der Waals surface area contributed by atoms with E-state index in [1.165, 1.54) is 23.1 Å². The molecule has 35 heavy (non-hydrogen) atoms. The minimum atomic E-state index is -1.53. The number of hydrogen-bond acceptors (Lipinski definition) is 7. The number of amides is 1. The Labute approximate surface area is 201 Å². The number of rotatable bonds is 7. The lowest BCUT2D eigenvalue weighted by Crippen LogP contribution is -2.40. The highest BCUT2D eigenvalue weighted by Gasteiger charge is 2.29. The first-order valence-corrected chi connectivity index (χ1v) is 11.0. The third-order valence-electron chi connectivity index (χ3n) is 5.67. The first kappa shape index (κ1) is 24.2. The predicted molar refractivity (Wildman–Crippen MR) is 127 cm³/mol. The van der Waals surface area contributed by atoms with Crippen molar-refractivity contribution < 1.29 is 18.8 Å². The molecule has 3 heterocycles. The van der Waals surface area contributed by atoms with Crippen LogP contribution >= 0.6 is 0 Å². The van der Waals surface area contributed by atoms with Crippen LogP contribution in [0.5, 0.6) is 0 Å². The number of nitrogens with one attached hydrogen (secondary N) is 1. The van der Waals surface area contributed by atoms with E-state index >= 15 is 0 Å². The molecule has 0 bridgehead atoms. The molecular weight excluding hydrogens is 451 g/mol. The minimum absolute atomic E-state index is 0.124. The second-order valence-electron chi connectivity index (χ2n) is 9.23. The van der Waals surface area contributed by atoms with Gasteiger partial charge in [-0.3, -0.25) is 9.48 Å². The highest BCUT2D eigenvalue weighted by molar-refractivity contribution is 5.93. The van der Waals surface area contributed by atoms with Crippen molar-refractivity contribution in [2.75, 3.05) is 6.54 Å². The van der Waals surface area contributed by atoms with E-state index in [1.807, 2.05) is 19.9 Å². The van der Waals surface area contributed by atoms with Crippen molar-refractivity contribution in [2.24, 2.45) is 12.8 Å². The van der Waals surface area contributed by atoms with Crippen molar-refractivity contribution in [3.63, 3.8) is 0 Å². The molecule has 1 amide bonds. The fraction of sp³-hybridized carbons (Fsp3) is 0.280. The molecule has 0 spiro atoms. The summed E-state index contributed by atoms with van der Waals surface area (Å²) in [6, 6.07) is 12.7. The summed E-state index contributed by atoms with van der Waals surface area (Å²) in [7, 11) is 1.64. The van der Waals surface area contributed by atoms with Crippen molar-refractivity contribution in [1.29, 1.82) is 0 Å². The zero-order chi connectivity index (χ0) is 25.4. The summed E-state index contributed by atoms with van der Waals surface area (Å²) in [5.41, 5.74) is 7.63. The second kappa shape index (κ2) is 9.05. The van der Waals surface area contributed by atoms with E-state index in [4.69, 9.17) is 10.3 Å². The van der Waals surface area contributed by atoms with Crippen LogP contribution in [0, 0.1) is 5.82 Å². The van der Waals surface area contributed by atoms with Gasteiger partial charge >= 0.3 is 0 Å². The number of aromatic nitrogens is 4. The molecule has 0 saturated carbocycles. The Bertz CT molecular complexity index is 1340. The molecule has 0 aliphatic carbocycles. The number of aliphatic hydroxyl groups is 1. The predicted octanol–water partition coefficient (Wildman–Crippen LogP) is 3.11. The molecule has 0 saturated heterocycles. The van der Waals surface area contributed by atoms with Gasteiger partial charge in [-0.1, -0.05) is 5.16 Å². The van der Waals surface area contributed by atoms with Gasteiger partial charge in [-0.15, -0.1) is 0 Å². The molecule has 0 fully saturated rings. The quantitative estimate of drug-likeness (QED) is 0.372. The Kier molecular flexibility index (Phi) is 6.27. The summed E-state index contributed by atoms with van der Waals surface area (Å²) in [6.07, 6.45) is 1.42. The number of nitrogens with zero attached hydrogens (tertiary/aromatic N) is 4. The van der Waals surface area contributed by atoms with Crippen LogP contribution in [0.4, 0.5) is 4.39 Å². The molecule has 4 rings (SSSR count). The van der Waals surface area contributed by atoms with Crippen LogP contribution in [0.15, 0.2) is 59.3 Å². The largest absolute Gasteiger partial charge is 0.382 e. The van der Waals surface area contributed by atoms with Crippen LogP contribution in [-0.4, -0.2) is 37.5 Å². The average Bonchev–Trinajstić information content (AvgIpc) is 3.47. The van der Waals surface area contributed by atoms with Gasteiger partial charge in [0.25, 0.3) is 5.91 Å². The maximum Gasteiger partial charge on any atom is 0.269 e. The first-order chi connectivity index (χ1) is 16.4. The molecule has 1 atom stereocenters. The van der Waals surface area contributed by atoms with Crippen LogP contribution in [0.1, 0.15) is 42.5 Å². The molecule has 1 aromatic carbocycles. The Balaban J connectivity index is 1.60. The lowest BCUT2D eigenvalue weighted by molar-refractivity contribution is 0.0486. The number of carbonyl (C=O) groups excluding carboxylic acids is 1. The maximum atomic E-state index is 13.4. The smallest absolute Gasteiger partial charge is 0.269 e. The lowest BCUT2D eigenvalue weighted by atomic mass is 9.90. The lowest BCUT2D eigenvalue weighted by Gasteiger charge is -2.27. The van der Waals surface area contributed by atoms with E-state index in [0.29, 0.717) is 28.3 Å². The number of aryl methyl sites for hydroxylation is 1. The van der Waals surface area contributed by atoms with E-state index in [0.717, 1.165) is 5.56 Å². The normalized spacial score (nSPS) is 13.5. The molecule has 3 aromatic heterocycles. The summed E-state index contributed by atoms with van der Waals surface area (Å²) in [4.78, 5) is 17.5. The highest BCUT2D eigenvalue weighted by atomic mass is 19.1. The van der Waals surface area contributed by atoms with Gasteiger partial charge in [0.1, 0.15) is 34.8 Å². The van der Waals surface area contributed by atoms with Crippen LogP contribution in [0.2, 0.25) is 0 Å². The zero-order valence-corrected chi connectivity index (χ0v) is 19.9. The van der Waals surface area contributed by atoms with Gasteiger partial charge in [-0.2, -0.15) is 5.10 Å². The number of carbonyl (C=O) groups is 1. The van der Waals surface area contributed by atoms with Gasteiger partial charge < -0.3 is 20.7 Å². The van der Waals surface area contributed by atoms with Gasteiger partial charge in [-0.05, 0) is 68.8 Å². The van der Waals surface area contributed by atoms with Crippen molar-refractivity contribution >= 4 is 5.91 Å². The summed E-state index contributed by atoms with van der Waals surface area (Å²) < 4.78 is 19.7. The van der Waals surface area contributed by atoms with Gasteiger partial charge in [0.2, 0.25) is 0 Å². The second-order valence-corrected chi connectivity index (χ2v) is 9.23. The molecule has 4 N–H and O–H groups in total. The fourth-order valence-electron chi connectivity index (χ4n) is 3.53. The number of hydrogen-bond donors (Lipinski definition) is 3. The third kappa shape index (κ3) is 5.28. The van der Waals surface area contributed by atoms with Crippen LogP contribution in [0.25, 0.3) is 22.6 Å². The Morgan fingerprint density at radius 2 is 1.83 bits per heavy atom. The molecular formula is C25H27FN6O3. The summed E-state index contributed by atoms with van der Waals surface area (Å²) >= 11 is 0. The van der Waals surface area contributed by atoms with Crippen molar-refractivity contribution in [2.45, 2.75) is 31.9 Å². The zero-order valence-electron chi connectivity index (χ0n) is 19.9. The Hall–Kier alpha value is -3.89. The SMILES string of the molecule is Cn1nc(-c2ccon2)cc1C(=O)NCC(C)(O)c1cc(C(C)(C)N)cc(-c2ccc(F)cc2)n1. The highest BCUT2D eigenvalue weighted by Crippen LogP contribution is 2.29. The van der Waals surface area contributed by atoms with Gasteiger partial charge in [0.15, 0.2) is 0 Å². The van der Waals surface area contributed by atoms with Crippen LogP contribution < -0.4 is 11.1 Å². The van der Waals surface area contributed by atoms with Crippen molar-refractivity contribution in [3.8, 4) is 22.6 Å². The third-order valence-corrected chi connectivity index (χ3v) is 5.67. The average molecular weight is 479 g/mol. The standard InChI is InChI=1S/C25H27FN6O3/c1-24(2,27)16-11-19(15-5-7-17(26)8-6-15)29-22(12-16)25(3,34)14-28-23(33)21-13-20(30-32(21)4)18-9-10-35-31-18/h5-13,34H,14,27H2,1-4H3,(H,28,33). The topological polar surface area (TPSA) is 132 Å². The number of halogens is 1.